The minimum absolute atomic E-state index is 0.00230. The molecule has 0 bridgehead atoms. The lowest BCUT2D eigenvalue weighted by Gasteiger charge is -2.29. The highest BCUT2D eigenvalue weighted by atomic mass is 16.5. The van der Waals surface area contributed by atoms with E-state index in [1.54, 1.807) is 0 Å². The van der Waals surface area contributed by atoms with Crippen LogP contribution in [0.1, 0.15) is 19.8 Å². The molecule has 1 amide bonds. The second-order valence-electron chi connectivity index (χ2n) is 4.54. The molecule has 3 unspecified atom stereocenters. The number of ether oxygens (including phenoxy) is 2. The minimum Gasteiger partial charge on any atom is -0.378 e. The van der Waals surface area contributed by atoms with Gasteiger partial charge in [-0.1, -0.05) is 0 Å². The van der Waals surface area contributed by atoms with Crippen LogP contribution in [-0.2, 0) is 14.3 Å². The predicted octanol–water partition coefficient (Wildman–Crippen LogP) is -0.260. The Morgan fingerprint density at radius 1 is 1.38 bits per heavy atom. The van der Waals surface area contributed by atoms with Crippen molar-refractivity contribution in [1.29, 1.82) is 0 Å². The number of carbonyl (C=O) groups is 1. The summed E-state index contributed by atoms with van der Waals surface area (Å²) in [5.74, 6) is 0.103. The van der Waals surface area contributed by atoms with E-state index in [0.717, 1.165) is 12.8 Å². The summed E-state index contributed by atoms with van der Waals surface area (Å²) in [5.41, 5.74) is 5.77. The second kappa shape index (κ2) is 5.12. The van der Waals surface area contributed by atoms with Crippen molar-refractivity contribution < 1.29 is 14.3 Å². The molecule has 2 saturated heterocycles. The average molecular weight is 228 g/mol. The molecular formula is C11H20N2O3. The van der Waals surface area contributed by atoms with Crippen LogP contribution in [0.3, 0.4) is 0 Å². The van der Waals surface area contributed by atoms with E-state index in [1.807, 2.05) is 11.8 Å². The van der Waals surface area contributed by atoms with E-state index < -0.39 is 0 Å². The molecule has 92 valence electrons. The number of amides is 1. The van der Waals surface area contributed by atoms with Gasteiger partial charge >= 0.3 is 0 Å². The molecule has 0 saturated carbocycles. The highest BCUT2D eigenvalue weighted by Crippen LogP contribution is 2.23. The summed E-state index contributed by atoms with van der Waals surface area (Å²) in [7, 11) is 0. The highest BCUT2D eigenvalue weighted by molar-refractivity contribution is 5.81. The van der Waals surface area contributed by atoms with Crippen molar-refractivity contribution in [2.24, 2.45) is 5.73 Å². The van der Waals surface area contributed by atoms with Crippen LogP contribution >= 0.6 is 0 Å². The zero-order valence-electron chi connectivity index (χ0n) is 9.72. The number of rotatable bonds is 2. The van der Waals surface area contributed by atoms with Gasteiger partial charge in [0.15, 0.2) is 0 Å². The Bertz CT molecular complexity index is 252. The lowest BCUT2D eigenvalue weighted by molar-refractivity contribution is -0.147. The fourth-order valence-electron chi connectivity index (χ4n) is 2.22. The van der Waals surface area contributed by atoms with Crippen LogP contribution in [0.15, 0.2) is 0 Å². The van der Waals surface area contributed by atoms with Crippen LogP contribution in [0.25, 0.3) is 0 Å². The Kier molecular flexibility index (Phi) is 3.78. The molecule has 2 aliphatic rings. The summed E-state index contributed by atoms with van der Waals surface area (Å²) in [6.45, 7) is 4.56. The number of nitrogens with two attached hydrogens (primary N) is 1. The molecule has 0 aromatic carbocycles. The van der Waals surface area contributed by atoms with Gasteiger partial charge in [0.25, 0.3) is 5.91 Å². The largest absolute Gasteiger partial charge is 0.378 e. The molecule has 0 aromatic rings. The summed E-state index contributed by atoms with van der Waals surface area (Å²) >= 11 is 0. The number of hydrogen-bond donors (Lipinski definition) is 1. The molecular weight excluding hydrogens is 208 g/mol. The summed E-state index contributed by atoms with van der Waals surface area (Å²) < 4.78 is 10.9. The Labute approximate surface area is 95.9 Å². The van der Waals surface area contributed by atoms with Crippen molar-refractivity contribution >= 4 is 5.91 Å². The molecule has 5 heteroatoms. The van der Waals surface area contributed by atoms with Crippen molar-refractivity contribution in [1.82, 2.24) is 4.90 Å². The third-order valence-corrected chi connectivity index (χ3v) is 3.24. The molecule has 2 fully saturated rings. The van der Waals surface area contributed by atoms with Crippen molar-refractivity contribution in [3.05, 3.63) is 0 Å². The number of hydrogen-bond acceptors (Lipinski definition) is 4. The molecule has 5 nitrogen and oxygen atoms in total. The normalized spacial score (nSPS) is 32.8. The maximum absolute atomic E-state index is 12.1. The van der Waals surface area contributed by atoms with Crippen LogP contribution < -0.4 is 5.73 Å². The number of carbonyl (C=O) groups excluding carboxylic acids is 1. The first-order valence-corrected chi connectivity index (χ1v) is 5.96. The molecule has 3 atom stereocenters. The average Bonchev–Trinajstić information content (AvgIpc) is 2.78. The first-order valence-electron chi connectivity index (χ1n) is 5.96. The van der Waals surface area contributed by atoms with Crippen LogP contribution in [0.2, 0.25) is 0 Å². The fourth-order valence-corrected chi connectivity index (χ4v) is 2.22. The Morgan fingerprint density at radius 3 is 2.62 bits per heavy atom. The Hall–Kier alpha value is -0.650. The van der Waals surface area contributed by atoms with Crippen molar-refractivity contribution in [3.63, 3.8) is 0 Å². The van der Waals surface area contributed by atoms with Crippen molar-refractivity contribution in [3.8, 4) is 0 Å². The first-order chi connectivity index (χ1) is 7.68. The number of morpholine rings is 1. The SMILES string of the molecule is CC(N)C1CCC(C(=O)N2CCOCC2)O1. The van der Waals surface area contributed by atoms with E-state index in [0.29, 0.717) is 26.3 Å². The molecule has 0 aromatic heterocycles. The molecule has 0 spiro atoms. The minimum atomic E-state index is -0.283. The van der Waals surface area contributed by atoms with Gasteiger partial charge in [0.05, 0.1) is 19.3 Å². The van der Waals surface area contributed by atoms with Crippen LogP contribution in [-0.4, -0.2) is 55.4 Å². The van der Waals surface area contributed by atoms with Gasteiger partial charge in [-0.3, -0.25) is 4.79 Å². The predicted molar refractivity (Wildman–Crippen MR) is 58.9 cm³/mol. The summed E-state index contributed by atoms with van der Waals surface area (Å²) in [5, 5.41) is 0. The third kappa shape index (κ3) is 2.53. The molecule has 0 aliphatic carbocycles. The maximum atomic E-state index is 12.1. The lowest BCUT2D eigenvalue weighted by atomic mass is 10.1. The standard InChI is InChI=1S/C11H20N2O3/c1-8(12)9-2-3-10(16-9)11(14)13-4-6-15-7-5-13/h8-10H,2-7,12H2,1H3. The van der Waals surface area contributed by atoms with Gasteiger partial charge in [-0.15, -0.1) is 0 Å². The zero-order valence-corrected chi connectivity index (χ0v) is 9.72. The monoisotopic (exact) mass is 228 g/mol. The lowest BCUT2D eigenvalue weighted by Crippen LogP contribution is -2.46. The van der Waals surface area contributed by atoms with E-state index in [9.17, 15) is 4.79 Å². The van der Waals surface area contributed by atoms with Crippen LogP contribution in [0.4, 0.5) is 0 Å². The Balaban J connectivity index is 1.86. The van der Waals surface area contributed by atoms with Gasteiger partial charge < -0.3 is 20.1 Å². The molecule has 2 heterocycles. The van der Waals surface area contributed by atoms with E-state index in [1.165, 1.54) is 0 Å². The van der Waals surface area contributed by atoms with E-state index in [-0.39, 0.29) is 24.2 Å². The molecule has 16 heavy (non-hydrogen) atoms. The quantitative estimate of drug-likeness (QED) is 0.707. The van der Waals surface area contributed by atoms with Crippen LogP contribution in [0.5, 0.6) is 0 Å². The van der Waals surface area contributed by atoms with Gasteiger partial charge in [-0.2, -0.15) is 0 Å². The molecule has 2 rings (SSSR count). The van der Waals surface area contributed by atoms with Crippen LogP contribution in [0, 0.1) is 0 Å². The molecule has 2 aliphatic heterocycles. The zero-order chi connectivity index (χ0) is 11.5. The number of nitrogens with zero attached hydrogens (tertiary/aromatic N) is 1. The van der Waals surface area contributed by atoms with Gasteiger partial charge in [0.1, 0.15) is 6.10 Å². The summed E-state index contributed by atoms with van der Waals surface area (Å²) in [6.07, 6.45) is 1.44. The summed E-state index contributed by atoms with van der Waals surface area (Å²) in [4.78, 5) is 13.9. The third-order valence-electron chi connectivity index (χ3n) is 3.24. The smallest absolute Gasteiger partial charge is 0.251 e. The van der Waals surface area contributed by atoms with E-state index in [2.05, 4.69) is 0 Å². The van der Waals surface area contributed by atoms with Gasteiger partial charge in [0.2, 0.25) is 0 Å². The van der Waals surface area contributed by atoms with E-state index >= 15 is 0 Å². The first kappa shape index (κ1) is 11.8. The second-order valence-corrected chi connectivity index (χ2v) is 4.54. The highest BCUT2D eigenvalue weighted by Gasteiger charge is 2.35. The van der Waals surface area contributed by atoms with Crippen molar-refractivity contribution in [2.75, 3.05) is 26.3 Å². The van der Waals surface area contributed by atoms with Gasteiger partial charge in [-0.05, 0) is 19.8 Å². The fraction of sp³-hybridized carbons (Fsp3) is 0.909. The maximum Gasteiger partial charge on any atom is 0.251 e. The molecule has 2 N–H and O–H groups in total. The van der Waals surface area contributed by atoms with Crippen molar-refractivity contribution in [2.45, 2.75) is 38.0 Å². The van der Waals surface area contributed by atoms with Gasteiger partial charge in [0, 0.05) is 19.1 Å². The Morgan fingerprint density at radius 2 is 2.06 bits per heavy atom. The summed E-state index contributed by atoms with van der Waals surface area (Å²) in [6, 6.07) is 0.00230. The van der Waals surface area contributed by atoms with E-state index in [4.69, 9.17) is 15.2 Å². The topological polar surface area (TPSA) is 64.8 Å². The van der Waals surface area contributed by atoms with Gasteiger partial charge in [-0.25, -0.2) is 0 Å². The molecule has 0 radical (unpaired) electrons.